The lowest BCUT2D eigenvalue weighted by Gasteiger charge is -2.34. The maximum absolute atomic E-state index is 11.5. The molecule has 0 amide bonds. The molecule has 0 spiro atoms. The van der Waals surface area contributed by atoms with Crippen LogP contribution in [-0.2, 0) is 16.3 Å². The molecular formula is C14H23NO3S. The van der Waals surface area contributed by atoms with Gasteiger partial charge in [0.05, 0.1) is 12.0 Å². The van der Waals surface area contributed by atoms with Crippen LogP contribution in [0.2, 0.25) is 0 Å². The fourth-order valence-corrected chi connectivity index (χ4v) is 3.41. The molecule has 108 valence electrons. The number of hydrogen-bond donors (Lipinski definition) is 1. The third-order valence-corrected chi connectivity index (χ3v) is 5.50. The summed E-state index contributed by atoms with van der Waals surface area (Å²) >= 11 is 0. The third kappa shape index (κ3) is 3.60. The zero-order valence-electron chi connectivity index (χ0n) is 11.9. The van der Waals surface area contributed by atoms with Crippen LogP contribution in [0, 0.1) is 5.41 Å². The molecule has 0 unspecified atom stereocenters. The minimum Gasteiger partial charge on any atom is -0.469 e. The van der Waals surface area contributed by atoms with Gasteiger partial charge in [0.1, 0.15) is 5.76 Å². The van der Waals surface area contributed by atoms with Crippen molar-refractivity contribution >= 4 is 9.84 Å². The Morgan fingerprint density at radius 3 is 2.89 bits per heavy atom. The smallest absolute Gasteiger partial charge is 0.151 e. The topological polar surface area (TPSA) is 59.3 Å². The molecule has 1 atom stereocenters. The molecule has 0 bridgehead atoms. The Balaban J connectivity index is 2.01. The average molecular weight is 285 g/mol. The zero-order chi connectivity index (χ0) is 14.1. The van der Waals surface area contributed by atoms with Crippen molar-refractivity contribution in [2.75, 3.05) is 18.1 Å². The Kier molecular flexibility index (Phi) is 4.06. The molecule has 5 heteroatoms. The van der Waals surface area contributed by atoms with Crippen LogP contribution in [0.5, 0.6) is 0 Å². The number of sulfone groups is 1. The zero-order valence-corrected chi connectivity index (χ0v) is 12.7. The van der Waals surface area contributed by atoms with E-state index in [0.717, 1.165) is 18.6 Å². The summed E-state index contributed by atoms with van der Waals surface area (Å²) in [5.41, 5.74) is 1.37. The van der Waals surface area contributed by atoms with E-state index in [1.165, 1.54) is 5.56 Å². The van der Waals surface area contributed by atoms with E-state index in [1.54, 1.807) is 13.2 Å². The molecule has 0 aromatic carbocycles. The van der Waals surface area contributed by atoms with Gasteiger partial charge in [0.25, 0.3) is 0 Å². The van der Waals surface area contributed by atoms with Gasteiger partial charge in [0.2, 0.25) is 0 Å². The molecule has 1 aromatic heterocycles. The normalized spacial score (nSPS) is 22.2. The summed E-state index contributed by atoms with van der Waals surface area (Å²) in [6.07, 6.45) is 3.68. The molecule has 0 aliphatic heterocycles. The number of furan rings is 1. The van der Waals surface area contributed by atoms with Gasteiger partial charge in [-0.15, -0.1) is 0 Å². The van der Waals surface area contributed by atoms with E-state index in [9.17, 15) is 8.42 Å². The van der Waals surface area contributed by atoms with Gasteiger partial charge in [-0.3, -0.25) is 0 Å². The predicted octanol–water partition coefficient (Wildman–Crippen LogP) is 2.32. The van der Waals surface area contributed by atoms with Crippen molar-refractivity contribution < 1.29 is 12.8 Å². The second kappa shape index (κ2) is 5.29. The van der Waals surface area contributed by atoms with Crippen molar-refractivity contribution in [3.8, 4) is 0 Å². The van der Waals surface area contributed by atoms with E-state index in [-0.39, 0.29) is 23.0 Å². The number of fused-ring (bicyclic) bond motifs is 1. The van der Waals surface area contributed by atoms with E-state index in [2.05, 4.69) is 19.2 Å². The van der Waals surface area contributed by atoms with Crippen molar-refractivity contribution in [1.29, 1.82) is 0 Å². The van der Waals surface area contributed by atoms with E-state index in [1.807, 2.05) is 6.07 Å². The quantitative estimate of drug-likeness (QED) is 0.902. The molecule has 19 heavy (non-hydrogen) atoms. The molecule has 4 nitrogen and oxygen atoms in total. The average Bonchev–Trinajstić information content (AvgIpc) is 2.75. The predicted molar refractivity (Wildman–Crippen MR) is 75.9 cm³/mol. The van der Waals surface area contributed by atoms with Crippen molar-refractivity contribution in [3.05, 3.63) is 23.7 Å². The Labute approximate surface area is 115 Å². The highest BCUT2D eigenvalue weighted by atomic mass is 32.2. The van der Waals surface area contributed by atoms with Gasteiger partial charge in [-0.1, -0.05) is 20.8 Å². The van der Waals surface area contributed by atoms with Crippen LogP contribution in [-0.4, -0.2) is 26.5 Å². The number of hydrogen-bond acceptors (Lipinski definition) is 4. The van der Waals surface area contributed by atoms with E-state index >= 15 is 0 Å². The highest BCUT2D eigenvalue weighted by Crippen LogP contribution is 2.40. The minimum absolute atomic E-state index is 0.187. The Morgan fingerprint density at radius 2 is 2.21 bits per heavy atom. The highest BCUT2D eigenvalue weighted by molar-refractivity contribution is 7.91. The van der Waals surface area contributed by atoms with E-state index in [0.29, 0.717) is 6.54 Å². The lowest BCUT2D eigenvalue weighted by atomic mass is 9.75. The van der Waals surface area contributed by atoms with Crippen molar-refractivity contribution in [3.63, 3.8) is 0 Å². The second-order valence-corrected chi connectivity index (χ2v) is 8.56. The molecule has 2 rings (SSSR count). The molecule has 0 saturated carbocycles. The molecule has 0 radical (unpaired) electrons. The van der Waals surface area contributed by atoms with Crippen LogP contribution in [0.15, 0.2) is 16.7 Å². The first-order valence-corrected chi connectivity index (χ1v) is 8.65. The molecule has 1 N–H and O–H groups in total. The van der Waals surface area contributed by atoms with Gasteiger partial charge >= 0.3 is 0 Å². The summed E-state index contributed by atoms with van der Waals surface area (Å²) < 4.78 is 28.5. The summed E-state index contributed by atoms with van der Waals surface area (Å²) in [6, 6.07) is 2.20. The van der Waals surface area contributed by atoms with Crippen LogP contribution in [0.4, 0.5) is 0 Å². The van der Waals surface area contributed by atoms with Crippen LogP contribution in [0.1, 0.15) is 44.6 Å². The number of nitrogens with one attached hydrogen (secondary N) is 1. The Hall–Kier alpha value is -0.810. The molecule has 0 fully saturated rings. The summed E-state index contributed by atoms with van der Waals surface area (Å²) in [5.74, 6) is 1.45. The summed E-state index contributed by atoms with van der Waals surface area (Å²) in [6.45, 7) is 6.63. The molecule has 1 aliphatic carbocycles. The van der Waals surface area contributed by atoms with Gasteiger partial charge in [-0.2, -0.15) is 0 Å². The lowest BCUT2D eigenvalue weighted by molar-refractivity contribution is 0.237. The van der Waals surface area contributed by atoms with Gasteiger partial charge in [-0.05, 0) is 17.9 Å². The fraction of sp³-hybridized carbons (Fsp3) is 0.714. The molecular weight excluding hydrogens is 262 g/mol. The maximum Gasteiger partial charge on any atom is 0.151 e. The first-order valence-electron chi connectivity index (χ1n) is 6.83. The first kappa shape index (κ1) is 14.6. The highest BCUT2D eigenvalue weighted by Gasteiger charge is 2.33. The summed E-state index contributed by atoms with van der Waals surface area (Å²) in [7, 11) is -2.90. The number of rotatable bonds is 5. The van der Waals surface area contributed by atoms with E-state index < -0.39 is 9.84 Å². The standard InChI is InChI=1S/C14H23NO3S/c1-4-19(16,17)8-6-15-12-9-14(2,3)10-13-11(12)5-7-18-13/h5,7,12,15H,4,6,8-10H2,1-3H3/t12-/m1/s1. The van der Waals surface area contributed by atoms with Crippen molar-refractivity contribution in [1.82, 2.24) is 5.32 Å². The van der Waals surface area contributed by atoms with Gasteiger partial charge in [0.15, 0.2) is 9.84 Å². The fourth-order valence-electron chi connectivity index (χ4n) is 2.69. The maximum atomic E-state index is 11.5. The first-order chi connectivity index (χ1) is 8.83. The van der Waals surface area contributed by atoms with Crippen LogP contribution >= 0.6 is 0 Å². The second-order valence-electron chi connectivity index (χ2n) is 6.09. The van der Waals surface area contributed by atoms with Gasteiger partial charge in [-0.25, -0.2) is 8.42 Å². The Morgan fingerprint density at radius 1 is 1.47 bits per heavy atom. The largest absolute Gasteiger partial charge is 0.469 e. The summed E-state index contributed by atoms with van der Waals surface area (Å²) in [4.78, 5) is 0. The minimum atomic E-state index is -2.90. The van der Waals surface area contributed by atoms with Crippen LogP contribution in [0.25, 0.3) is 0 Å². The van der Waals surface area contributed by atoms with Crippen molar-refractivity contribution in [2.45, 2.75) is 39.7 Å². The molecule has 1 aromatic rings. The van der Waals surface area contributed by atoms with Crippen LogP contribution in [0.3, 0.4) is 0 Å². The van der Waals surface area contributed by atoms with Gasteiger partial charge < -0.3 is 9.73 Å². The SMILES string of the molecule is CCS(=O)(=O)CCN[C@@H]1CC(C)(C)Cc2occc21. The molecule has 1 heterocycles. The Bertz CT molecular complexity index is 531. The summed E-state index contributed by atoms with van der Waals surface area (Å²) in [5, 5.41) is 3.37. The third-order valence-electron chi connectivity index (χ3n) is 3.79. The lowest BCUT2D eigenvalue weighted by Crippen LogP contribution is -2.35. The van der Waals surface area contributed by atoms with E-state index in [4.69, 9.17) is 4.42 Å². The van der Waals surface area contributed by atoms with Crippen molar-refractivity contribution in [2.24, 2.45) is 5.41 Å². The van der Waals surface area contributed by atoms with Crippen LogP contribution < -0.4 is 5.32 Å². The molecule has 1 aliphatic rings. The van der Waals surface area contributed by atoms with Gasteiger partial charge in [0, 0.05) is 30.3 Å². The monoisotopic (exact) mass is 285 g/mol. The molecule has 0 saturated heterocycles.